The lowest BCUT2D eigenvalue weighted by atomic mass is 9.91. The quantitative estimate of drug-likeness (QED) is 0.267. The molecule has 2 aromatic heterocycles. The maximum Gasteiger partial charge on any atom is 0.224 e. The number of aryl methyl sites for hydroxylation is 2. The Bertz CT molecular complexity index is 1430. The van der Waals surface area contributed by atoms with Gasteiger partial charge >= 0.3 is 0 Å². The zero-order chi connectivity index (χ0) is 28.1. The Hall–Kier alpha value is -3.68. The normalized spacial score (nSPS) is 16.4. The van der Waals surface area contributed by atoms with Crippen molar-refractivity contribution in [2.45, 2.75) is 57.5 Å². The Labute approximate surface area is 237 Å². The van der Waals surface area contributed by atoms with Crippen LogP contribution < -0.4 is 11.5 Å². The van der Waals surface area contributed by atoms with Gasteiger partial charge in [0.05, 0.1) is 0 Å². The summed E-state index contributed by atoms with van der Waals surface area (Å²) < 4.78 is 7.81. The fourth-order valence-electron chi connectivity index (χ4n) is 6.20. The third-order valence-corrected chi connectivity index (χ3v) is 8.17. The van der Waals surface area contributed by atoms with Gasteiger partial charge in [-0.05, 0) is 67.5 Å². The number of benzene rings is 2. The number of aromatic nitrogens is 2. The van der Waals surface area contributed by atoms with Crippen LogP contribution in [-0.2, 0) is 22.5 Å². The molecule has 1 amide bonds. The number of likely N-dealkylation sites (tertiary alicyclic amines) is 1. The number of fused-ring (bicyclic) bond motifs is 1. The lowest BCUT2D eigenvalue weighted by Gasteiger charge is -2.34. The number of nitrogens with two attached hydrogens (primary N) is 2. The monoisotopic (exact) mass is 539 g/mol. The molecule has 0 spiro atoms. The number of rotatable bonds is 10. The predicted molar refractivity (Wildman–Crippen MR) is 162 cm³/mol. The van der Waals surface area contributed by atoms with Crippen LogP contribution in [0.2, 0.25) is 0 Å². The maximum atomic E-state index is 13.4. The van der Waals surface area contributed by atoms with Crippen LogP contribution in [0.5, 0.6) is 0 Å². The molecule has 0 radical (unpaired) electrons. The molecule has 1 aliphatic heterocycles. The SMILES string of the molecule is COCCCn1c(C2CCCN(C(=O)C[C@H](N)Cc3ccc(-c4ccc(N)nc4)cc3)C2)c(C)c2ccccc21. The number of nitrogen functional groups attached to an aromatic ring is 1. The minimum absolute atomic E-state index is 0.154. The van der Waals surface area contributed by atoms with Gasteiger partial charge in [-0.1, -0.05) is 42.5 Å². The van der Waals surface area contributed by atoms with Gasteiger partial charge in [0, 0.05) is 80.1 Å². The summed E-state index contributed by atoms with van der Waals surface area (Å²) in [5.41, 5.74) is 19.4. The van der Waals surface area contributed by atoms with Crippen molar-refractivity contribution in [1.29, 1.82) is 0 Å². The summed E-state index contributed by atoms with van der Waals surface area (Å²) in [7, 11) is 1.75. The molecule has 2 atom stereocenters. The molecule has 3 heterocycles. The van der Waals surface area contributed by atoms with Crippen molar-refractivity contribution in [2.24, 2.45) is 5.73 Å². The molecule has 0 saturated carbocycles. The van der Waals surface area contributed by atoms with Crippen LogP contribution in [-0.4, -0.2) is 53.2 Å². The number of hydrogen-bond acceptors (Lipinski definition) is 5. The number of methoxy groups -OCH3 is 1. The summed E-state index contributed by atoms with van der Waals surface area (Å²) in [5, 5.41) is 1.30. The van der Waals surface area contributed by atoms with Gasteiger partial charge in [0.2, 0.25) is 5.91 Å². The molecular weight excluding hydrogens is 498 g/mol. The average molecular weight is 540 g/mol. The topological polar surface area (TPSA) is 99.4 Å². The second kappa shape index (κ2) is 12.7. The molecule has 40 heavy (non-hydrogen) atoms. The minimum Gasteiger partial charge on any atom is -0.385 e. The second-order valence-corrected chi connectivity index (χ2v) is 11.0. The van der Waals surface area contributed by atoms with E-state index in [9.17, 15) is 4.79 Å². The zero-order valence-electron chi connectivity index (χ0n) is 23.7. The molecule has 7 heteroatoms. The average Bonchev–Trinajstić information content (AvgIpc) is 3.25. The van der Waals surface area contributed by atoms with Crippen molar-refractivity contribution >= 4 is 22.6 Å². The molecule has 1 unspecified atom stereocenters. The lowest BCUT2D eigenvalue weighted by Crippen LogP contribution is -2.42. The van der Waals surface area contributed by atoms with Gasteiger partial charge < -0.3 is 25.7 Å². The second-order valence-electron chi connectivity index (χ2n) is 11.0. The number of nitrogens with zero attached hydrogens (tertiary/aromatic N) is 3. The molecule has 5 rings (SSSR count). The number of amides is 1. The van der Waals surface area contributed by atoms with E-state index < -0.39 is 0 Å². The molecule has 1 fully saturated rings. The van der Waals surface area contributed by atoms with E-state index in [1.54, 1.807) is 19.4 Å². The minimum atomic E-state index is -0.223. The molecule has 2 aromatic carbocycles. The molecule has 0 bridgehead atoms. The van der Waals surface area contributed by atoms with Crippen LogP contribution in [0.3, 0.4) is 0 Å². The number of ether oxygens (including phenoxy) is 1. The van der Waals surface area contributed by atoms with Crippen LogP contribution in [0.25, 0.3) is 22.0 Å². The van der Waals surface area contributed by atoms with Crippen LogP contribution in [0.1, 0.15) is 48.4 Å². The van der Waals surface area contributed by atoms with E-state index in [0.29, 0.717) is 24.6 Å². The highest BCUT2D eigenvalue weighted by Gasteiger charge is 2.29. The maximum absolute atomic E-state index is 13.4. The molecule has 0 aliphatic carbocycles. The molecule has 1 saturated heterocycles. The van der Waals surface area contributed by atoms with Crippen LogP contribution in [0, 0.1) is 6.92 Å². The van der Waals surface area contributed by atoms with E-state index in [4.69, 9.17) is 16.2 Å². The highest BCUT2D eigenvalue weighted by Crippen LogP contribution is 2.36. The van der Waals surface area contributed by atoms with E-state index in [2.05, 4.69) is 65.0 Å². The van der Waals surface area contributed by atoms with Gasteiger partial charge in [0.25, 0.3) is 0 Å². The van der Waals surface area contributed by atoms with Crippen LogP contribution >= 0.6 is 0 Å². The fourth-order valence-corrected chi connectivity index (χ4v) is 6.20. The predicted octanol–water partition coefficient (Wildman–Crippen LogP) is 5.30. The molecular formula is C33H41N5O2. The van der Waals surface area contributed by atoms with E-state index in [1.807, 2.05) is 11.0 Å². The van der Waals surface area contributed by atoms with Crippen molar-refractivity contribution in [3.63, 3.8) is 0 Å². The number of carbonyl (C=O) groups excluding carboxylic acids is 1. The molecule has 1 aliphatic rings. The molecule has 4 N–H and O–H groups in total. The summed E-state index contributed by atoms with van der Waals surface area (Å²) in [6, 6.07) is 20.5. The van der Waals surface area contributed by atoms with Crippen LogP contribution in [0.4, 0.5) is 5.82 Å². The van der Waals surface area contributed by atoms with Gasteiger partial charge in [0.15, 0.2) is 0 Å². The highest BCUT2D eigenvalue weighted by molar-refractivity contribution is 5.85. The van der Waals surface area contributed by atoms with Crippen molar-refractivity contribution in [2.75, 3.05) is 32.5 Å². The van der Waals surface area contributed by atoms with E-state index in [1.165, 1.54) is 22.2 Å². The summed E-state index contributed by atoms with van der Waals surface area (Å²) in [4.78, 5) is 19.6. The summed E-state index contributed by atoms with van der Waals surface area (Å²) >= 11 is 0. The number of hydrogen-bond donors (Lipinski definition) is 2. The van der Waals surface area contributed by atoms with Crippen molar-refractivity contribution < 1.29 is 9.53 Å². The Morgan fingerprint density at radius 3 is 2.62 bits per heavy atom. The van der Waals surface area contributed by atoms with Crippen molar-refractivity contribution in [3.05, 3.63) is 83.7 Å². The van der Waals surface area contributed by atoms with E-state index in [0.717, 1.165) is 62.2 Å². The van der Waals surface area contributed by atoms with E-state index >= 15 is 0 Å². The third-order valence-electron chi connectivity index (χ3n) is 8.17. The highest BCUT2D eigenvalue weighted by atomic mass is 16.5. The molecule has 210 valence electrons. The first kappa shape index (κ1) is 27.9. The first-order valence-corrected chi connectivity index (χ1v) is 14.4. The first-order chi connectivity index (χ1) is 19.4. The smallest absolute Gasteiger partial charge is 0.224 e. The van der Waals surface area contributed by atoms with E-state index in [-0.39, 0.29) is 11.9 Å². The molecule has 4 aromatic rings. The van der Waals surface area contributed by atoms with Gasteiger partial charge in [-0.2, -0.15) is 0 Å². The number of pyridine rings is 1. The van der Waals surface area contributed by atoms with Gasteiger partial charge in [-0.15, -0.1) is 0 Å². The van der Waals surface area contributed by atoms with Gasteiger partial charge in [-0.25, -0.2) is 4.98 Å². The fraction of sp³-hybridized carbons (Fsp3) is 0.394. The zero-order valence-corrected chi connectivity index (χ0v) is 23.7. The summed E-state index contributed by atoms with van der Waals surface area (Å²) in [6.45, 7) is 5.43. The van der Waals surface area contributed by atoms with Crippen molar-refractivity contribution in [1.82, 2.24) is 14.5 Å². The third kappa shape index (κ3) is 6.21. The lowest BCUT2D eigenvalue weighted by molar-refractivity contribution is -0.132. The largest absolute Gasteiger partial charge is 0.385 e. The van der Waals surface area contributed by atoms with Crippen molar-refractivity contribution in [3.8, 4) is 11.1 Å². The summed E-state index contributed by atoms with van der Waals surface area (Å²) in [6.07, 6.45) is 5.85. The standard InChI is InChI=1S/C33H41N5O2/c1-23-29-8-3-4-9-30(29)38(17-6-18-40-2)33(23)27-7-5-16-37(22-27)32(39)20-28(34)19-24-10-12-25(13-11-24)26-14-15-31(35)36-21-26/h3-4,8-15,21,27-28H,5-7,16-20,22,34H2,1-2H3,(H2,35,36)/t27?,28-/m1/s1. The Morgan fingerprint density at radius 2 is 1.88 bits per heavy atom. The summed E-state index contributed by atoms with van der Waals surface area (Å²) in [5.74, 6) is 0.983. The van der Waals surface area contributed by atoms with Gasteiger partial charge in [0.1, 0.15) is 5.82 Å². The Balaban J connectivity index is 1.23. The van der Waals surface area contributed by atoms with Gasteiger partial charge in [-0.3, -0.25) is 4.79 Å². The Kier molecular flexibility index (Phi) is 8.82. The number of anilines is 1. The number of piperidine rings is 1. The Morgan fingerprint density at radius 1 is 1.10 bits per heavy atom. The first-order valence-electron chi connectivity index (χ1n) is 14.4. The number of para-hydroxylation sites is 1. The number of carbonyl (C=O) groups is 1. The molecule has 7 nitrogen and oxygen atoms in total. The van der Waals surface area contributed by atoms with Crippen LogP contribution in [0.15, 0.2) is 66.9 Å².